The number of guanidine groups is 1. The highest BCUT2D eigenvalue weighted by molar-refractivity contribution is 5.85. The zero-order valence-corrected chi connectivity index (χ0v) is 15.5. The molecule has 0 fully saturated rings. The van der Waals surface area contributed by atoms with Crippen molar-refractivity contribution in [1.29, 1.82) is 0 Å². The minimum atomic E-state index is -4.43. The Hall–Kier alpha value is -2.71. The highest BCUT2D eigenvalue weighted by Gasteiger charge is 2.31. The smallest absolute Gasteiger partial charge is 0.406 e. The van der Waals surface area contributed by atoms with Gasteiger partial charge in [0.05, 0.1) is 6.54 Å². The Labute approximate surface area is 155 Å². The first-order valence-electron chi connectivity index (χ1n) is 8.51. The molecular weight excluding hydrogens is 361 g/mol. The maximum absolute atomic E-state index is 12.4. The standard InChI is InChI=1S/C18H23F3N4O2/c1-4-22-17(24-10-16(26)25(3)11-18(19,20)21)23-9-15-12(2)13-7-5-6-8-14(13)27-15/h5-8H,4,9-11H2,1-3H3,(H2,22,23,24). The van der Waals surface area contributed by atoms with Crippen molar-refractivity contribution in [1.82, 2.24) is 15.5 Å². The van der Waals surface area contributed by atoms with Gasteiger partial charge in [0.2, 0.25) is 5.91 Å². The molecule has 1 heterocycles. The van der Waals surface area contributed by atoms with Gasteiger partial charge in [-0.2, -0.15) is 13.2 Å². The van der Waals surface area contributed by atoms with Crippen LogP contribution >= 0.6 is 0 Å². The van der Waals surface area contributed by atoms with Gasteiger partial charge < -0.3 is 20.0 Å². The topological polar surface area (TPSA) is 69.9 Å². The first-order valence-corrected chi connectivity index (χ1v) is 8.51. The predicted octanol–water partition coefficient (Wildman–Crippen LogP) is 2.82. The number of carbonyl (C=O) groups excluding carboxylic acids is 1. The molecule has 0 saturated heterocycles. The molecule has 0 saturated carbocycles. The van der Waals surface area contributed by atoms with Gasteiger partial charge in [-0.1, -0.05) is 18.2 Å². The highest BCUT2D eigenvalue weighted by Crippen LogP contribution is 2.24. The zero-order valence-electron chi connectivity index (χ0n) is 15.5. The van der Waals surface area contributed by atoms with E-state index in [-0.39, 0.29) is 6.54 Å². The van der Waals surface area contributed by atoms with Crippen LogP contribution in [0.3, 0.4) is 0 Å². The van der Waals surface area contributed by atoms with Crippen LogP contribution in [0.4, 0.5) is 13.2 Å². The van der Waals surface area contributed by atoms with Crippen LogP contribution in [0, 0.1) is 6.92 Å². The van der Waals surface area contributed by atoms with E-state index in [1.54, 1.807) is 0 Å². The van der Waals surface area contributed by atoms with Gasteiger partial charge in [0, 0.05) is 24.5 Å². The summed E-state index contributed by atoms with van der Waals surface area (Å²) in [7, 11) is 1.10. The second-order valence-electron chi connectivity index (χ2n) is 6.06. The summed E-state index contributed by atoms with van der Waals surface area (Å²) < 4.78 is 42.9. The Morgan fingerprint density at radius 1 is 1.26 bits per heavy atom. The fourth-order valence-corrected chi connectivity index (χ4v) is 2.52. The fraction of sp³-hybridized carbons (Fsp3) is 0.444. The number of halogens is 3. The molecule has 0 aliphatic heterocycles. The summed E-state index contributed by atoms with van der Waals surface area (Å²) in [5, 5.41) is 7.00. The fourth-order valence-electron chi connectivity index (χ4n) is 2.52. The van der Waals surface area contributed by atoms with Gasteiger partial charge in [-0.15, -0.1) is 0 Å². The molecule has 1 aromatic heterocycles. The Morgan fingerprint density at radius 3 is 2.59 bits per heavy atom. The van der Waals surface area contributed by atoms with Crippen molar-refractivity contribution >= 4 is 22.8 Å². The summed E-state index contributed by atoms with van der Waals surface area (Å²) in [6.07, 6.45) is -4.43. The van der Waals surface area contributed by atoms with Crippen LogP contribution in [0.2, 0.25) is 0 Å². The number of aliphatic imine (C=N–C) groups is 1. The van der Waals surface area contributed by atoms with E-state index in [4.69, 9.17) is 4.42 Å². The molecule has 9 heteroatoms. The van der Waals surface area contributed by atoms with Crippen LogP contribution in [0.15, 0.2) is 33.7 Å². The average Bonchev–Trinajstić information content (AvgIpc) is 2.92. The zero-order chi connectivity index (χ0) is 20.0. The minimum absolute atomic E-state index is 0.325. The van der Waals surface area contributed by atoms with Gasteiger partial charge in [-0.05, 0) is 19.9 Å². The van der Waals surface area contributed by atoms with Gasteiger partial charge in [0.1, 0.15) is 24.4 Å². The maximum atomic E-state index is 12.4. The largest absolute Gasteiger partial charge is 0.459 e. The van der Waals surface area contributed by atoms with E-state index in [0.717, 1.165) is 29.3 Å². The van der Waals surface area contributed by atoms with Crippen LogP contribution in [-0.4, -0.2) is 49.6 Å². The second-order valence-corrected chi connectivity index (χ2v) is 6.06. The molecule has 2 aromatic rings. The molecule has 0 atom stereocenters. The van der Waals surface area contributed by atoms with Crippen LogP contribution in [0.5, 0.6) is 0 Å². The van der Waals surface area contributed by atoms with E-state index in [0.29, 0.717) is 23.9 Å². The molecule has 1 amide bonds. The average molecular weight is 384 g/mol. The molecule has 0 unspecified atom stereocenters. The van der Waals surface area contributed by atoms with Gasteiger partial charge in [0.25, 0.3) is 0 Å². The van der Waals surface area contributed by atoms with Crippen molar-refractivity contribution in [3.8, 4) is 0 Å². The number of rotatable bonds is 6. The van der Waals surface area contributed by atoms with Gasteiger partial charge in [-0.3, -0.25) is 4.79 Å². The second kappa shape index (κ2) is 8.79. The molecule has 27 heavy (non-hydrogen) atoms. The molecule has 6 nitrogen and oxygen atoms in total. The van der Waals surface area contributed by atoms with Crippen LogP contribution in [0.25, 0.3) is 11.0 Å². The lowest BCUT2D eigenvalue weighted by Crippen LogP contribution is -2.40. The Morgan fingerprint density at radius 2 is 1.96 bits per heavy atom. The number of hydrogen-bond acceptors (Lipinski definition) is 3. The lowest BCUT2D eigenvalue weighted by Gasteiger charge is -2.18. The van der Waals surface area contributed by atoms with E-state index in [2.05, 4.69) is 15.6 Å². The molecule has 148 valence electrons. The molecule has 0 radical (unpaired) electrons. The molecule has 0 bridgehead atoms. The first kappa shape index (κ1) is 20.6. The SMILES string of the molecule is CCNC(=NCC(=O)N(C)CC(F)(F)F)NCc1oc2ccccc2c1C. The summed E-state index contributed by atoms with van der Waals surface area (Å²) >= 11 is 0. The number of nitrogens with zero attached hydrogens (tertiary/aromatic N) is 2. The number of likely N-dealkylation sites (N-methyl/N-ethyl adjacent to an activating group) is 1. The number of benzene rings is 1. The van der Waals surface area contributed by atoms with Crippen LogP contribution in [0.1, 0.15) is 18.2 Å². The summed E-state index contributed by atoms with van der Waals surface area (Å²) in [6, 6.07) is 7.65. The lowest BCUT2D eigenvalue weighted by molar-refractivity contribution is -0.157. The molecule has 0 aliphatic rings. The number of amides is 1. The minimum Gasteiger partial charge on any atom is -0.459 e. The number of aryl methyl sites for hydroxylation is 1. The van der Waals surface area contributed by atoms with Gasteiger partial charge in [-0.25, -0.2) is 4.99 Å². The van der Waals surface area contributed by atoms with Crippen LogP contribution < -0.4 is 10.6 Å². The predicted molar refractivity (Wildman–Crippen MR) is 97.5 cm³/mol. The Bertz CT molecular complexity index is 815. The Kier molecular flexibility index (Phi) is 6.70. The summed E-state index contributed by atoms with van der Waals surface area (Å²) in [5.41, 5.74) is 1.77. The Balaban J connectivity index is 2.00. The quantitative estimate of drug-likeness (QED) is 0.594. The summed E-state index contributed by atoms with van der Waals surface area (Å²) in [4.78, 5) is 16.5. The molecule has 0 spiro atoms. The van der Waals surface area contributed by atoms with Crippen molar-refractivity contribution in [2.45, 2.75) is 26.6 Å². The van der Waals surface area contributed by atoms with E-state index < -0.39 is 18.6 Å². The van der Waals surface area contributed by atoms with Crippen molar-refractivity contribution in [2.75, 3.05) is 26.7 Å². The molecular formula is C18H23F3N4O2. The number of alkyl halides is 3. The van der Waals surface area contributed by atoms with E-state index >= 15 is 0 Å². The van der Waals surface area contributed by atoms with E-state index in [1.165, 1.54) is 0 Å². The van der Waals surface area contributed by atoms with E-state index in [9.17, 15) is 18.0 Å². The third-order valence-corrected chi connectivity index (χ3v) is 3.92. The normalized spacial score (nSPS) is 12.3. The number of carbonyl (C=O) groups is 1. The summed E-state index contributed by atoms with van der Waals surface area (Å²) in [5.74, 6) is 0.331. The summed E-state index contributed by atoms with van der Waals surface area (Å²) in [6.45, 7) is 2.98. The third kappa shape index (κ3) is 5.90. The van der Waals surface area contributed by atoms with Crippen molar-refractivity contribution in [3.63, 3.8) is 0 Å². The maximum Gasteiger partial charge on any atom is 0.406 e. The van der Waals surface area contributed by atoms with Crippen LogP contribution in [-0.2, 0) is 11.3 Å². The van der Waals surface area contributed by atoms with Gasteiger partial charge >= 0.3 is 6.18 Å². The monoisotopic (exact) mass is 384 g/mol. The lowest BCUT2D eigenvalue weighted by atomic mass is 10.1. The number of nitrogens with one attached hydrogen (secondary N) is 2. The number of para-hydroxylation sites is 1. The van der Waals surface area contributed by atoms with E-state index in [1.807, 2.05) is 38.1 Å². The van der Waals surface area contributed by atoms with Crippen molar-refractivity contribution in [3.05, 3.63) is 35.6 Å². The van der Waals surface area contributed by atoms with Crippen molar-refractivity contribution < 1.29 is 22.4 Å². The third-order valence-electron chi connectivity index (χ3n) is 3.92. The number of furan rings is 1. The van der Waals surface area contributed by atoms with Gasteiger partial charge in [0.15, 0.2) is 5.96 Å². The molecule has 2 N–H and O–H groups in total. The number of hydrogen-bond donors (Lipinski definition) is 2. The number of fused-ring (bicyclic) bond motifs is 1. The first-order chi connectivity index (χ1) is 12.7. The molecule has 1 aromatic carbocycles. The highest BCUT2D eigenvalue weighted by atomic mass is 19.4. The van der Waals surface area contributed by atoms with Crippen molar-refractivity contribution in [2.24, 2.45) is 4.99 Å². The molecule has 2 rings (SSSR count). The molecule has 0 aliphatic carbocycles.